The molecule has 2 aromatic carbocycles. The van der Waals surface area contributed by atoms with Crippen molar-refractivity contribution in [3.05, 3.63) is 47.5 Å². The van der Waals surface area contributed by atoms with E-state index in [9.17, 15) is 34.5 Å². The van der Waals surface area contributed by atoms with Gasteiger partial charge in [-0.2, -0.15) is 0 Å². The number of nitrogens with two attached hydrogens (primary N) is 4. The number of benzene rings is 2. The van der Waals surface area contributed by atoms with Crippen molar-refractivity contribution >= 4 is 23.6 Å². The summed E-state index contributed by atoms with van der Waals surface area (Å²) >= 11 is 0. The van der Waals surface area contributed by atoms with Crippen molar-refractivity contribution < 1.29 is 34.5 Å². The quantitative estimate of drug-likeness (QED) is 0.121. The molecule has 1 aliphatic rings. The summed E-state index contributed by atoms with van der Waals surface area (Å²) in [7, 11) is 0. The topological polar surface area (TPSA) is 281 Å². The molecule has 260 valence electrons. The molecule has 3 rings (SSSR count). The van der Waals surface area contributed by atoms with Crippen LogP contribution >= 0.6 is 0 Å². The maximum Gasteiger partial charge on any atom is 0.245 e. The average Bonchev–Trinajstić information content (AvgIpc) is 3.04. The first kappa shape index (κ1) is 38.9. The first-order chi connectivity index (χ1) is 22.0. The van der Waals surface area contributed by atoms with E-state index in [2.05, 4.69) is 21.3 Å². The van der Waals surface area contributed by atoms with Gasteiger partial charge in [-0.15, -0.1) is 0 Å². The lowest BCUT2D eigenvalue weighted by molar-refractivity contribution is -0.134. The zero-order valence-corrected chi connectivity index (χ0v) is 25.7. The van der Waals surface area contributed by atoms with Gasteiger partial charge in [0.15, 0.2) is 0 Å². The Balaban J connectivity index is 0.00000768. The van der Waals surface area contributed by atoms with Crippen LogP contribution in [0.25, 0.3) is 11.1 Å². The lowest BCUT2D eigenvalue weighted by atomic mass is 9.95. The Morgan fingerprint density at radius 1 is 0.915 bits per heavy atom. The summed E-state index contributed by atoms with van der Waals surface area (Å²) in [6.07, 6.45) is 1.47. The van der Waals surface area contributed by atoms with Gasteiger partial charge in [-0.05, 0) is 85.3 Å². The summed E-state index contributed by atoms with van der Waals surface area (Å²) < 4.78 is 0. The van der Waals surface area contributed by atoms with E-state index >= 15 is 0 Å². The van der Waals surface area contributed by atoms with Gasteiger partial charge in [0.2, 0.25) is 23.6 Å². The van der Waals surface area contributed by atoms with E-state index in [1.807, 2.05) is 0 Å². The van der Waals surface area contributed by atoms with E-state index in [-0.39, 0.29) is 62.9 Å². The molecule has 0 radical (unpaired) electrons. The van der Waals surface area contributed by atoms with Gasteiger partial charge < -0.3 is 59.5 Å². The zero-order valence-electron chi connectivity index (χ0n) is 25.7. The number of amides is 4. The van der Waals surface area contributed by atoms with Crippen molar-refractivity contribution in [2.75, 3.05) is 26.2 Å². The fourth-order valence-corrected chi connectivity index (χ4v) is 5.06. The largest absolute Gasteiger partial charge is 0.508 e. The molecule has 15 N–H and O–H groups in total. The monoisotopic (exact) mass is 658 g/mol. The second-order valence-electron chi connectivity index (χ2n) is 11.4. The molecule has 1 aliphatic heterocycles. The van der Waals surface area contributed by atoms with Crippen molar-refractivity contribution in [1.82, 2.24) is 21.3 Å². The summed E-state index contributed by atoms with van der Waals surface area (Å²) in [6, 6.07) is 4.14. The van der Waals surface area contributed by atoms with Gasteiger partial charge >= 0.3 is 0 Å². The fourth-order valence-electron chi connectivity index (χ4n) is 5.06. The number of hydrogen-bond donors (Lipinski definition) is 11. The molecule has 0 aliphatic carbocycles. The summed E-state index contributed by atoms with van der Waals surface area (Å²) in [6.45, 7) is 0.0190. The zero-order chi connectivity index (χ0) is 33.8. The van der Waals surface area contributed by atoms with Crippen molar-refractivity contribution in [2.24, 2.45) is 22.9 Å². The Morgan fingerprint density at radius 2 is 1.51 bits per heavy atom. The molecule has 4 amide bonds. The summed E-state index contributed by atoms with van der Waals surface area (Å²) in [5, 5.41) is 41.5. The van der Waals surface area contributed by atoms with E-state index in [0.29, 0.717) is 42.5 Å². The van der Waals surface area contributed by atoms with Crippen molar-refractivity contribution in [3.8, 4) is 22.6 Å². The highest BCUT2D eigenvalue weighted by atomic mass is 16.3. The molecule has 0 fully saturated rings. The Kier molecular flexibility index (Phi) is 15.5. The number of aliphatic hydroxyl groups is 1. The standard InChI is InChI=1S/C31H46N8O7.CH4/c32-9-1-3-21(34)15-36-29(44)25(16-40)39-31(46)24-14-20-12-18(6-8-27(20)42)17-5-7-26(41)19(11-17)13-22(35)28(43)37-23(4-2-10-33)30(45)38-24;/h5-8,11-12,21-25,40-42H,1-4,9-10,13-16,32-35H2,(H,36,44)(H,37,43)(H,38,45)(H,39,46);1H4/t21-,22-,23-,24-,25-;/m0./s1. The first-order valence-electron chi connectivity index (χ1n) is 15.3. The lowest BCUT2D eigenvalue weighted by Crippen LogP contribution is -2.59. The third kappa shape index (κ3) is 11.2. The highest BCUT2D eigenvalue weighted by molar-refractivity contribution is 5.95. The van der Waals surface area contributed by atoms with Gasteiger partial charge in [-0.25, -0.2) is 0 Å². The van der Waals surface area contributed by atoms with Gasteiger partial charge in [0.25, 0.3) is 0 Å². The number of aromatic hydroxyl groups is 2. The van der Waals surface area contributed by atoms with Crippen molar-refractivity contribution in [2.45, 2.75) is 76.2 Å². The minimum absolute atomic E-state index is 0. The summed E-state index contributed by atoms with van der Waals surface area (Å²) in [5.74, 6) is -3.10. The Labute approximate surface area is 274 Å². The normalized spacial score (nSPS) is 19.5. The van der Waals surface area contributed by atoms with Crippen LogP contribution in [0.3, 0.4) is 0 Å². The molecule has 2 aromatic rings. The van der Waals surface area contributed by atoms with Crippen LogP contribution in [0, 0.1) is 0 Å². The van der Waals surface area contributed by atoms with Crippen molar-refractivity contribution in [1.29, 1.82) is 0 Å². The highest BCUT2D eigenvalue weighted by Crippen LogP contribution is 2.31. The molecule has 47 heavy (non-hydrogen) atoms. The van der Waals surface area contributed by atoms with Crippen molar-refractivity contribution in [3.63, 3.8) is 0 Å². The molecular weight excluding hydrogens is 608 g/mol. The van der Waals surface area contributed by atoms with Crippen LogP contribution in [0.5, 0.6) is 11.5 Å². The average molecular weight is 659 g/mol. The van der Waals surface area contributed by atoms with E-state index in [0.717, 1.165) is 0 Å². The Morgan fingerprint density at radius 3 is 2.09 bits per heavy atom. The molecule has 0 unspecified atom stereocenters. The van der Waals surface area contributed by atoms with Crippen LogP contribution < -0.4 is 44.2 Å². The van der Waals surface area contributed by atoms with E-state index < -0.39 is 54.4 Å². The number of phenolic OH excluding ortho intramolecular Hbond substituents is 2. The molecular formula is C32H50N8O7. The van der Waals surface area contributed by atoms with Gasteiger partial charge in [-0.3, -0.25) is 19.2 Å². The van der Waals surface area contributed by atoms with E-state index in [1.54, 1.807) is 24.3 Å². The SMILES string of the molecule is C.NCCC[C@H](N)CNC(=O)[C@H](CO)NC(=O)[C@@H]1Cc2cc(ccc2O)-c2ccc(O)c(c2)C[C@H](N)C(=O)N[C@@H](CCCN)C(=O)N1. The van der Waals surface area contributed by atoms with Crippen LogP contribution in [0.15, 0.2) is 36.4 Å². The Hall–Kier alpha value is -4.28. The predicted molar refractivity (Wildman–Crippen MR) is 178 cm³/mol. The van der Waals surface area contributed by atoms with Crippen LogP contribution in [0.2, 0.25) is 0 Å². The molecule has 0 spiro atoms. The third-order valence-electron chi connectivity index (χ3n) is 7.79. The molecule has 15 heteroatoms. The second kappa shape index (κ2) is 18.8. The van der Waals surface area contributed by atoms with Crippen LogP contribution in [-0.4, -0.2) is 95.4 Å². The van der Waals surface area contributed by atoms with Gasteiger partial charge in [-0.1, -0.05) is 19.6 Å². The smallest absolute Gasteiger partial charge is 0.245 e. The molecule has 5 atom stereocenters. The van der Waals surface area contributed by atoms with Gasteiger partial charge in [0.1, 0.15) is 29.6 Å². The number of carbonyl (C=O) groups excluding carboxylic acids is 4. The highest BCUT2D eigenvalue weighted by Gasteiger charge is 2.31. The van der Waals surface area contributed by atoms with Crippen LogP contribution in [0.1, 0.15) is 44.2 Å². The number of hydrogen-bond acceptors (Lipinski definition) is 11. The second-order valence-corrected chi connectivity index (χ2v) is 11.4. The predicted octanol–water partition coefficient (Wildman–Crippen LogP) is -1.81. The number of aliphatic hydroxyl groups excluding tert-OH is 1. The first-order valence-corrected chi connectivity index (χ1v) is 15.3. The van der Waals surface area contributed by atoms with Gasteiger partial charge in [0, 0.05) is 25.4 Å². The number of phenols is 2. The van der Waals surface area contributed by atoms with Crippen LogP contribution in [-0.2, 0) is 32.0 Å². The molecule has 0 aromatic heterocycles. The molecule has 0 saturated heterocycles. The lowest BCUT2D eigenvalue weighted by Gasteiger charge is -2.26. The number of rotatable bonds is 12. The minimum atomic E-state index is -1.37. The fraction of sp³-hybridized carbons (Fsp3) is 0.500. The molecule has 4 bridgehead atoms. The summed E-state index contributed by atoms with van der Waals surface area (Å²) in [5.41, 5.74) is 25.3. The molecule has 15 nitrogen and oxygen atoms in total. The number of fused-ring (bicyclic) bond motifs is 5. The maximum atomic E-state index is 13.6. The van der Waals surface area contributed by atoms with E-state index in [4.69, 9.17) is 22.9 Å². The number of carbonyl (C=O) groups is 4. The Bertz CT molecular complexity index is 1370. The van der Waals surface area contributed by atoms with E-state index in [1.165, 1.54) is 12.1 Å². The third-order valence-corrected chi connectivity index (χ3v) is 7.79. The number of nitrogens with one attached hydrogen (secondary N) is 4. The molecule has 1 heterocycles. The van der Waals surface area contributed by atoms with Gasteiger partial charge in [0.05, 0.1) is 12.6 Å². The maximum absolute atomic E-state index is 13.6. The molecule has 0 saturated carbocycles. The van der Waals surface area contributed by atoms with Crippen LogP contribution in [0.4, 0.5) is 0 Å². The summed E-state index contributed by atoms with van der Waals surface area (Å²) in [4.78, 5) is 53.1. The minimum Gasteiger partial charge on any atom is -0.508 e.